The molecule has 19 heavy (non-hydrogen) atoms. The largest absolute Gasteiger partial charge is 0.362 e. The predicted molar refractivity (Wildman–Crippen MR) is 69.7 cm³/mol. The Morgan fingerprint density at radius 1 is 1.47 bits per heavy atom. The molecule has 6 heteroatoms. The summed E-state index contributed by atoms with van der Waals surface area (Å²) in [4.78, 5) is 25.9. The zero-order valence-electron chi connectivity index (χ0n) is 11.5. The summed E-state index contributed by atoms with van der Waals surface area (Å²) in [5, 5.41) is 2.57. The second kappa shape index (κ2) is 5.05. The first-order chi connectivity index (χ1) is 8.98. The molecular formula is C13H19N3O3. The van der Waals surface area contributed by atoms with Gasteiger partial charge in [0.2, 0.25) is 0 Å². The average Bonchev–Trinajstić information content (AvgIpc) is 2.83. The van der Waals surface area contributed by atoms with Gasteiger partial charge in [0.15, 0.2) is 5.60 Å². The van der Waals surface area contributed by atoms with Crippen LogP contribution in [0.1, 0.15) is 17.4 Å². The van der Waals surface area contributed by atoms with Crippen LogP contribution < -0.4 is 5.32 Å². The lowest BCUT2D eigenvalue weighted by molar-refractivity contribution is -0.153. The number of carbonyl (C=O) groups is 2. The molecule has 0 aliphatic carbocycles. The topological polar surface area (TPSA) is 63.6 Å². The van der Waals surface area contributed by atoms with Crippen molar-refractivity contribution in [1.82, 2.24) is 14.8 Å². The van der Waals surface area contributed by atoms with E-state index in [0.29, 0.717) is 18.8 Å². The zero-order valence-corrected chi connectivity index (χ0v) is 11.5. The summed E-state index contributed by atoms with van der Waals surface area (Å²) in [5.74, 6) is -0.289. The molecule has 104 valence electrons. The van der Waals surface area contributed by atoms with E-state index in [9.17, 15) is 9.59 Å². The van der Waals surface area contributed by atoms with Crippen LogP contribution in [0.25, 0.3) is 0 Å². The Bertz CT molecular complexity index is 497. The minimum Gasteiger partial charge on any atom is -0.362 e. The summed E-state index contributed by atoms with van der Waals surface area (Å²) in [7, 11) is 3.39. The fourth-order valence-corrected chi connectivity index (χ4v) is 2.29. The van der Waals surface area contributed by atoms with Gasteiger partial charge < -0.3 is 19.5 Å². The number of carbonyl (C=O) groups excluding carboxylic acids is 2. The molecule has 1 aliphatic rings. The fraction of sp³-hybridized carbons (Fsp3) is 0.538. The van der Waals surface area contributed by atoms with Crippen LogP contribution in [0.15, 0.2) is 18.3 Å². The molecular weight excluding hydrogens is 246 g/mol. The molecule has 2 amide bonds. The highest BCUT2D eigenvalue weighted by Crippen LogP contribution is 2.19. The molecule has 0 saturated carbocycles. The van der Waals surface area contributed by atoms with Gasteiger partial charge in [-0.05, 0) is 19.1 Å². The fourth-order valence-electron chi connectivity index (χ4n) is 2.29. The number of likely N-dealkylation sites (N-methyl/N-ethyl adjacent to an activating group) is 1. The van der Waals surface area contributed by atoms with Gasteiger partial charge in [-0.2, -0.15) is 0 Å². The number of morpholine rings is 1. The monoisotopic (exact) mass is 265 g/mol. The average molecular weight is 265 g/mol. The first-order valence-electron chi connectivity index (χ1n) is 6.25. The predicted octanol–water partition coefficient (Wildman–Crippen LogP) is 0.00220. The number of nitrogens with one attached hydrogen (secondary N) is 1. The van der Waals surface area contributed by atoms with E-state index in [4.69, 9.17) is 4.74 Å². The number of nitrogens with zero attached hydrogens (tertiary/aromatic N) is 2. The molecule has 1 saturated heterocycles. The number of hydrogen-bond acceptors (Lipinski definition) is 3. The molecule has 1 aromatic heterocycles. The van der Waals surface area contributed by atoms with Crippen molar-refractivity contribution in [1.29, 1.82) is 0 Å². The number of hydrogen-bond donors (Lipinski definition) is 1. The van der Waals surface area contributed by atoms with Crippen molar-refractivity contribution in [2.75, 3.05) is 26.7 Å². The smallest absolute Gasteiger partial charge is 0.270 e. The molecule has 2 rings (SSSR count). The van der Waals surface area contributed by atoms with Gasteiger partial charge >= 0.3 is 0 Å². The standard InChI is InChI=1S/C13H19N3O3/c1-13(12(18)14-2)9-16(7-8-19-13)11(17)10-5-4-6-15(10)3/h4-6H,7-9H2,1-3H3,(H,14,18). The molecule has 1 fully saturated rings. The van der Waals surface area contributed by atoms with Gasteiger partial charge in [-0.1, -0.05) is 0 Å². The van der Waals surface area contributed by atoms with E-state index >= 15 is 0 Å². The van der Waals surface area contributed by atoms with E-state index < -0.39 is 5.60 Å². The summed E-state index contributed by atoms with van der Waals surface area (Å²) in [6.45, 7) is 2.82. The van der Waals surface area contributed by atoms with Crippen molar-refractivity contribution in [3.05, 3.63) is 24.0 Å². The Morgan fingerprint density at radius 2 is 2.21 bits per heavy atom. The van der Waals surface area contributed by atoms with Gasteiger partial charge in [0.05, 0.1) is 13.2 Å². The number of amides is 2. The maximum atomic E-state index is 12.4. The quantitative estimate of drug-likeness (QED) is 0.819. The minimum absolute atomic E-state index is 0.0778. The van der Waals surface area contributed by atoms with Crippen LogP contribution in [0.2, 0.25) is 0 Å². The number of aryl methyl sites for hydroxylation is 1. The van der Waals surface area contributed by atoms with Crippen LogP contribution in [0.4, 0.5) is 0 Å². The van der Waals surface area contributed by atoms with Crippen LogP contribution in [-0.2, 0) is 16.6 Å². The molecule has 1 aliphatic heterocycles. The van der Waals surface area contributed by atoms with Crippen molar-refractivity contribution in [3.8, 4) is 0 Å². The minimum atomic E-state index is -0.978. The maximum Gasteiger partial charge on any atom is 0.270 e. The number of ether oxygens (including phenoxy) is 1. The van der Waals surface area contributed by atoms with Gasteiger partial charge in [-0.25, -0.2) is 0 Å². The molecule has 1 unspecified atom stereocenters. The van der Waals surface area contributed by atoms with Crippen LogP contribution >= 0.6 is 0 Å². The Balaban J connectivity index is 2.16. The van der Waals surface area contributed by atoms with E-state index in [1.54, 1.807) is 29.5 Å². The Labute approximate surface area is 112 Å². The number of rotatable bonds is 2. The van der Waals surface area contributed by atoms with E-state index in [1.807, 2.05) is 19.3 Å². The summed E-state index contributed by atoms with van der Waals surface area (Å²) >= 11 is 0. The van der Waals surface area contributed by atoms with Crippen LogP contribution in [0.5, 0.6) is 0 Å². The van der Waals surface area contributed by atoms with Gasteiger partial charge in [-0.3, -0.25) is 9.59 Å². The second-order valence-corrected chi connectivity index (χ2v) is 4.89. The molecule has 0 spiro atoms. The second-order valence-electron chi connectivity index (χ2n) is 4.89. The maximum absolute atomic E-state index is 12.4. The highest BCUT2D eigenvalue weighted by Gasteiger charge is 2.40. The van der Waals surface area contributed by atoms with E-state index in [2.05, 4.69) is 5.32 Å². The lowest BCUT2D eigenvalue weighted by Gasteiger charge is -2.39. The van der Waals surface area contributed by atoms with Gasteiger partial charge in [-0.15, -0.1) is 0 Å². The third-order valence-electron chi connectivity index (χ3n) is 3.43. The highest BCUT2D eigenvalue weighted by molar-refractivity contribution is 5.94. The summed E-state index contributed by atoms with van der Waals surface area (Å²) < 4.78 is 7.31. The van der Waals surface area contributed by atoms with Crippen LogP contribution in [-0.4, -0.2) is 53.6 Å². The molecule has 1 N–H and O–H groups in total. The first-order valence-corrected chi connectivity index (χ1v) is 6.25. The van der Waals surface area contributed by atoms with E-state index in [-0.39, 0.29) is 18.4 Å². The summed E-state index contributed by atoms with van der Waals surface area (Å²) in [5.41, 5.74) is -0.366. The van der Waals surface area contributed by atoms with Gasteiger partial charge in [0.25, 0.3) is 11.8 Å². The summed E-state index contributed by atoms with van der Waals surface area (Å²) in [6.07, 6.45) is 1.83. The number of aromatic nitrogens is 1. The Kier molecular flexibility index (Phi) is 3.61. The lowest BCUT2D eigenvalue weighted by Crippen LogP contribution is -2.59. The Morgan fingerprint density at radius 3 is 2.79 bits per heavy atom. The van der Waals surface area contributed by atoms with Crippen LogP contribution in [0, 0.1) is 0 Å². The Hall–Kier alpha value is -1.82. The van der Waals surface area contributed by atoms with Gasteiger partial charge in [0.1, 0.15) is 5.69 Å². The normalized spacial score (nSPS) is 23.2. The SMILES string of the molecule is CNC(=O)C1(C)CN(C(=O)c2cccn2C)CCO1. The molecule has 0 radical (unpaired) electrons. The van der Waals surface area contributed by atoms with Crippen molar-refractivity contribution in [3.63, 3.8) is 0 Å². The van der Waals surface area contributed by atoms with Gasteiger partial charge in [0, 0.05) is 26.8 Å². The van der Waals surface area contributed by atoms with Crippen molar-refractivity contribution in [2.45, 2.75) is 12.5 Å². The zero-order chi connectivity index (χ0) is 14.0. The van der Waals surface area contributed by atoms with E-state index in [0.717, 1.165) is 0 Å². The van der Waals surface area contributed by atoms with Crippen molar-refractivity contribution in [2.24, 2.45) is 7.05 Å². The molecule has 0 bridgehead atoms. The summed E-state index contributed by atoms with van der Waals surface area (Å²) in [6, 6.07) is 3.60. The van der Waals surface area contributed by atoms with Crippen molar-refractivity contribution >= 4 is 11.8 Å². The molecule has 1 atom stereocenters. The first kappa shape index (κ1) is 13.6. The van der Waals surface area contributed by atoms with Crippen molar-refractivity contribution < 1.29 is 14.3 Å². The highest BCUT2D eigenvalue weighted by atomic mass is 16.5. The van der Waals surface area contributed by atoms with Crippen LogP contribution in [0.3, 0.4) is 0 Å². The molecule has 2 heterocycles. The third kappa shape index (κ3) is 2.49. The molecule has 1 aromatic rings. The lowest BCUT2D eigenvalue weighted by atomic mass is 10.0. The molecule has 0 aromatic carbocycles. The third-order valence-corrected chi connectivity index (χ3v) is 3.43. The molecule has 6 nitrogen and oxygen atoms in total. The van der Waals surface area contributed by atoms with E-state index in [1.165, 1.54) is 0 Å².